The highest BCUT2D eigenvalue weighted by Gasteiger charge is 2.26. The highest BCUT2D eigenvalue weighted by Crippen LogP contribution is 2.22. The van der Waals surface area contributed by atoms with Crippen LogP contribution in [0.4, 0.5) is 5.69 Å². The standard InChI is InChI=1S/C21H24ClN5O3/c1-30-15-10-14(23-11-15)6-7-20(28)26-8-9-27-18(12-24-19(27)13-26)21(29)25-17-5-3-2-4-16(17)22/h2-7,12,14-15,23H,8-11,13H2,1H3,(H,25,29)/b7-6+/t14?,15-/m1/s1. The molecule has 0 bridgehead atoms. The number of fused-ring (bicyclic) bond motifs is 1. The Balaban J connectivity index is 1.38. The number of hydrogen-bond donors (Lipinski definition) is 2. The van der Waals surface area contributed by atoms with Crippen molar-refractivity contribution < 1.29 is 14.3 Å². The van der Waals surface area contributed by atoms with E-state index in [9.17, 15) is 9.59 Å². The molecular formula is C21H24ClN5O3. The van der Waals surface area contributed by atoms with Crippen LogP contribution in [0.3, 0.4) is 0 Å². The highest BCUT2D eigenvalue weighted by atomic mass is 35.5. The van der Waals surface area contributed by atoms with Gasteiger partial charge < -0.3 is 24.8 Å². The van der Waals surface area contributed by atoms with E-state index >= 15 is 0 Å². The Morgan fingerprint density at radius 1 is 1.33 bits per heavy atom. The number of para-hydroxylation sites is 1. The van der Waals surface area contributed by atoms with Crippen LogP contribution in [0.15, 0.2) is 42.6 Å². The van der Waals surface area contributed by atoms with Gasteiger partial charge in [0.15, 0.2) is 0 Å². The van der Waals surface area contributed by atoms with Crippen molar-refractivity contribution in [3.05, 3.63) is 59.2 Å². The van der Waals surface area contributed by atoms with Crippen LogP contribution in [0.5, 0.6) is 0 Å². The second-order valence-corrected chi connectivity index (χ2v) is 7.78. The molecule has 0 aliphatic carbocycles. The molecule has 1 fully saturated rings. The average molecular weight is 430 g/mol. The maximum Gasteiger partial charge on any atom is 0.273 e. The van der Waals surface area contributed by atoms with Crippen molar-refractivity contribution in [2.24, 2.45) is 0 Å². The Morgan fingerprint density at radius 3 is 2.93 bits per heavy atom. The molecule has 3 heterocycles. The molecule has 1 aromatic carbocycles. The number of aromatic nitrogens is 2. The number of nitrogens with one attached hydrogen (secondary N) is 2. The summed E-state index contributed by atoms with van der Waals surface area (Å²) in [5.74, 6) is 0.348. The Hall–Kier alpha value is -2.68. The van der Waals surface area contributed by atoms with Gasteiger partial charge in [0, 0.05) is 38.9 Å². The number of anilines is 1. The van der Waals surface area contributed by atoms with Gasteiger partial charge in [0.05, 0.1) is 29.6 Å². The normalized spacial score (nSPS) is 21.1. The summed E-state index contributed by atoms with van der Waals surface area (Å²) in [5, 5.41) is 6.61. The van der Waals surface area contributed by atoms with Crippen LogP contribution in [0.25, 0.3) is 0 Å². The van der Waals surface area contributed by atoms with Crippen molar-refractivity contribution in [3.63, 3.8) is 0 Å². The number of amides is 2. The predicted molar refractivity (Wildman–Crippen MR) is 113 cm³/mol. The van der Waals surface area contributed by atoms with Crippen molar-refractivity contribution in [2.45, 2.75) is 31.7 Å². The summed E-state index contributed by atoms with van der Waals surface area (Å²) in [6.07, 6.45) is 6.09. The summed E-state index contributed by atoms with van der Waals surface area (Å²) in [6.45, 7) is 2.17. The zero-order valence-corrected chi connectivity index (χ0v) is 17.4. The monoisotopic (exact) mass is 429 g/mol. The van der Waals surface area contributed by atoms with Crippen LogP contribution in [0.2, 0.25) is 5.02 Å². The van der Waals surface area contributed by atoms with Crippen LogP contribution >= 0.6 is 11.6 Å². The molecule has 30 heavy (non-hydrogen) atoms. The fourth-order valence-corrected chi connectivity index (χ4v) is 3.92. The first-order chi connectivity index (χ1) is 14.5. The second kappa shape index (κ2) is 8.99. The van der Waals surface area contributed by atoms with E-state index in [0.29, 0.717) is 41.9 Å². The van der Waals surface area contributed by atoms with Crippen LogP contribution in [-0.2, 0) is 22.6 Å². The molecule has 0 spiro atoms. The number of hydrogen-bond acceptors (Lipinski definition) is 5. The average Bonchev–Trinajstić information content (AvgIpc) is 3.40. The van der Waals surface area contributed by atoms with Gasteiger partial charge in [-0.1, -0.05) is 29.8 Å². The lowest BCUT2D eigenvalue weighted by molar-refractivity contribution is -0.127. The van der Waals surface area contributed by atoms with E-state index in [4.69, 9.17) is 16.3 Å². The number of carbonyl (C=O) groups is 2. The lowest BCUT2D eigenvalue weighted by Gasteiger charge is -2.27. The van der Waals surface area contributed by atoms with Crippen LogP contribution in [-0.4, -0.2) is 58.6 Å². The first kappa shape index (κ1) is 20.6. The molecule has 158 valence electrons. The van der Waals surface area contributed by atoms with E-state index in [1.54, 1.807) is 48.5 Å². The number of ether oxygens (including phenoxy) is 1. The lowest BCUT2D eigenvalue weighted by Crippen LogP contribution is -2.38. The summed E-state index contributed by atoms with van der Waals surface area (Å²) in [5.41, 5.74) is 1.00. The molecule has 0 radical (unpaired) electrons. The van der Waals surface area contributed by atoms with Crippen LogP contribution in [0, 0.1) is 0 Å². The fraction of sp³-hybridized carbons (Fsp3) is 0.381. The highest BCUT2D eigenvalue weighted by molar-refractivity contribution is 6.33. The van der Waals surface area contributed by atoms with E-state index in [1.165, 1.54) is 0 Å². The first-order valence-electron chi connectivity index (χ1n) is 9.88. The molecule has 2 amide bonds. The summed E-state index contributed by atoms with van der Waals surface area (Å²) in [6, 6.07) is 7.22. The minimum Gasteiger partial charge on any atom is -0.380 e. The molecule has 9 heteroatoms. The van der Waals surface area contributed by atoms with Crippen molar-refractivity contribution in [1.82, 2.24) is 19.8 Å². The lowest BCUT2D eigenvalue weighted by atomic mass is 10.2. The maximum absolute atomic E-state index is 12.7. The third-order valence-corrected chi connectivity index (χ3v) is 5.79. The van der Waals surface area contributed by atoms with Crippen molar-refractivity contribution in [2.75, 3.05) is 25.5 Å². The molecule has 2 aliphatic heterocycles. The molecular weight excluding hydrogens is 406 g/mol. The van der Waals surface area contributed by atoms with Crippen LogP contribution in [0.1, 0.15) is 22.7 Å². The maximum atomic E-state index is 12.7. The summed E-state index contributed by atoms with van der Waals surface area (Å²) < 4.78 is 7.18. The van der Waals surface area contributed by atoms with E-state index in [0.717, 1.165) is 13.0 Å². The van der Waals surface area contributed by atoms with Gasteiger partial charge in [0.1, 0.15) is 11.5 Å². The number of benzene rings is 1. The van der Waals surface area contributed by atoms with Crippen molar-refractivity contribution in [3.8, 4) is 0 Å². The molecule has 4 rings (SSSR count). The Morgan fingerprint density at radius 2 is 2.17 bits per heavy atom. The first-order valence-corrected chi connectivity index (χ1v) is 10.3. The van der Waals surface area contributed by atoms with Gasteiger partial charge in [-0.25, -0.2) is 4.98 Å². The van der Waals surface area contributed by atoms with Gasteiger partial charge in [-0.3, -0.25) is 9.59 Å². The number of imidazole rings is 1. The van der Waals surface area contributed by atoms with E-state index in [1.807, 2.05) is 10.6 Å². The minimum atomic E-state index is -0.276. The van der Waals surface area contributed by atoms with Gasteiger partial charge in [0.25, 0.3) is 5.91 Å². The number of methoxy groups -OCH3 is 1. The van der Waals surface area contributed by atoms with E-state index in [-0.39, 0.29) is 24.0 Å². The van der Waals surface area contributed by atoms with Gasteiger partial charge in [-0.05, 0) is 18.6 Å². The zero-order valence-electron chi connectivity index (χ0n) is 16.7. The topological polar surface area (TPSA) is 88.5 Å². The Bertz CT molecular complexity index is 973. The molecule has 1 aromatic heterocycles. The van der Waals surface area contributed by atoms with E-state index in [2.05, 4.69) is 15.6 Å². The Kier molecular flexibility index (Phi) is 6.17. The molecule has 2 atom stereocenters. The molecule has 8 nitrogen and oxygen atoms in total. The zero-order chi connectivity index (χ0) is 21.1. The summed E-state index contributed by atoms with van der Waals surface area (Å²) in [7, 11) is 1.70. The van der Waals surface area contributed by atoms with E-state index < -0.39 is 0 Å². The third-order valence-electron chi connectivity index (χ3n) is 5.46. The molecule has 1 unspecified atom stereocenters. The third kappa shape index (κ3) is 4.40. The van der Waals surface area contributed by atoms with Crippen molar-refractivity contribution >= 4 is 29.1 Å². The number of carbonyl (C=O) groups excluding carboxylic acids is 2. The molecule has 0 saturated carbocycles. The van der Waals surface area contributed by atoms with Gasteiger partial charge in [-0.2, -0.15) is 0 Å². The second-order valence-electron chi connectivity index (χ2n) is 7.37. The van der Waals surface area contributed by atoms with Crippen LogP contribution < -0.4 is 10.6 Å². The molecule has 2 aliphatic rings. The largest absolute Gasteiger partial charge is 0.380 e. The number of halogens is 1. The fourth-order valence-electron chi connectivity index (χ4n) is 3.74. The summed E-state index contributed by atoms with van der Waals surface area (Å²) in [4.78, 5) is 31.3. The molecule has 2 N–H and O–H groups in total. The van der Waals surface area contributed by atoms with Gasteiger partial charge in [0.2, 0.25) is 5.91 Å². The van der Waals surface area contributed by atoms with Gasteiger partial charge >= 0.3 is 0 Å². The smallest absolute Gasteiger partial charge is 0.273 e. The van der Waals surface area contributed by atoms with Crippen molar-refractivity contribution in [1.29, 1.82) is 0 Å². The number of rotatable bonds is 5. The molecule has 1 saturated heterocycles. The SMILES string of the molecule is CO[C@H]1CNC(/C=C/C(=O)N2CCn3c(C(=O)Nc4ccccc4Cl)cnc3C2)C1. The number of nitrogens with zero attached hydrogens (tertiary/aromatic N) is 3. The van der Waals surface area contributed by atoms with Gasteiger partial charge in [-0.15, -0.1) is 0 Å². The quantitative estimate of drug-likeness (QED) is 0.710. The summed E-state index contributed by atoms with van der Waals surface area (Å²) >= 11 is 6.12. The molecule has 2 aromatic rings. The predicted octanol–water partition coefficient (Wildman–Crippen LogP) is 2.06. The Labute approximate surface area is 179 Å². The minimum absolute atomic E-state index is 0.0611.